The maximum atomic E-state index is 10.9. The van der Waals surface area contributed by atoms with E-state index in [1.54, 1.807) is 21.3 Å². The van der Waals surface area contributed by atoms with Gasteiger partial charge in [0.2, 0.25) is 11.8 Å². The molecule has 10 aromatic rings. The van der Waals surface area contributed by atoms with Crippen LogP contribution >= 0.6 is 0 Å². The van der Waals surface area contributed by atoms with Gasteiger partial charge in [0.05, 0.1) is 48.1 Å². The summed E-state index contributed by atoms with van der Waals surface area (Å²) in [5, 5.41) is 21.8. The molecule has 0 aliphatic heterocycles. The average Bonchev–Trinajstić information content (AvgIpc) is 4.17. The lowest BCUT2D eigenvalue weighted by Gasteiger charge is -2.08. The number of benzene rings is 4. The molecule has 0 aliphatic carbocycles. The number of fused-ring (bicyclic) bond motifs is 2. The summed E-state index contributed by atoms with van der Waals surface area (Å²) >= 11 is 0. The summed E-state index contributed by atoms with van der Waals surface area (Å²) in [5.41, 5.74) is 9.94. The first-order valence-electron chi connectivity index (χ1n) is 21.0. The third-order valence-corrected chi connectivity index (χ3v) is 9.85. The van der Waals surface area contributed by atoms with E-state index in [0.29, 0.717) is 48.4 Å². The number of hydrogen-bond acceptors (Lipinski definition) is 8. The molecule has 10 nitrogen and oxygen atoms in total. The van der Waals surface area contributed by atoms with Gasteiger partial charge in [-0.15, -0.1) is 0 Å². The van der Waals surface area contributed by atoms with Crippen molar-refractivity contribution in [2.45, 2.75) is 53.4 Å². The first-order chi connectivity index (χ1) is 30.6. The third-order valence-electron chi connectivity index (χ3n) is 9.85. The van der Waals surface area contributed by atoms with Crippen LogP contribution < -0.4 is 0 Å². The summed E-state index contributed by atoms with van der Waals surface area (Å²) in [4.78, 5) is 19.2. The third kappa shape index (κ3) is 9.83. The van der Waals surface area contributed by atoms with E-state index in [2.05, 4.69) is 24.3 Å². The summed E-state index contributed by atoms with van der Waals surface area (Å²) < 4.78 is 14.3. The average molecular weight is 823 g/mol. The second-order valence-corrected chi connectivity index (χ2v) is 13.9. The standard InChI is InChI=1S/2C24H19N3O2.2C2H6/c2*28-24-21(15-19-12-7-13-29-19)26-23-20(14-17-8-3-1-4-9-17)25-22(16-27(23)24)18-10-5-2-6-11-18;2*1-2/h2*1-13,16,28H,14-15H2;2*1-2H3. The van der Waals surface area contributed by atoms with E-state index < -0.39 is 0 Å². The molecule has 0 saturated heterocycles. The van der Waals surface area contributed by atoms with Crippen LogP contribution in [0.25, 0.3) is 33.8 Å². The van der Waals surface area contributed by atoms with Crippen LogP contribution in [0.4, 0.5) is 0 Å². The van der Waals surface area contributed by atoms with E-state index in [0.717, 1.165) is 56.6 Å². The van der Waals surface area contributed by atoms with Crippen molar-refractivity contribution in [2.24, 2.45) is 0 Å². The van der Waals surface area contributed by atoms with Crippen LogP contribution in [0.3, 0.4) is 0 Å². The zero-order valence-electron chi connectivity index (χ0n) is 35.4. The van der Waals surface area contributed by atoms with Crippen LogP contribution in [0.2, 0.25) is 0 Å². The monoisotopic (exact) mass is 822 g/mol. The second-order valence-electron chi connectivity index (χ2n) is 13.9. The smallest absolute Gasteiger partial charge is 0.219 e. The Morgan fingerprint density at radius 2 is 0.758 bits per heavy atom. The number of aromatic hydroxyl groups is 2. The fourth-order valence-electron chi connectivity index (χ4n) is 6.99. The zero-order chi connectivity index (χ0) is 43.3. The Hall–Kier alpha value is -7.72. The lowest BCUT2D eigenvalue weighted by molar-refractivity contribution is 0.438. The number of rotatable bonds is 10. The highest BCUT2D eigenvalue weighted by Crippen LogP contribution is 2.30. The lowest BCUT2D eigenvalue weighted by atomic mass is 10.1. The van der Waals surface area contributed by atoms with Gasteiger partial charge in [-0.2, -0.15) is 0 Å². The van der Waals surface area contributed by atoms with Gasteiger partial charge in [-0.1, -0.05) is 149 Å². The Bertz CT molecular complexity index is 2690. The highest BCUT2D eigenvalue weighted by Gasteiger charge is 2.20. The van der Waals surface area contributed by atoms with Gasteiger partial charge in [-0.3, -0.25) is 8.80 Å². The SMILES string of the molecule is CC.CC.Oc1c(Cc2ccco2)nc2c(Cc3ccccc3)nc(-c3ccccc3)cn12.Oc1c(Cc2ccco2)nc2c(Cc3ccccc3)nc(-c3ccccc3)cn12. The van der Waals surface area contributed by atoms with Crippen LogP contribution in [0.15, 0.2) is 179 Å². The molecule has 6 heterocycles. The van der Waals surface area contributed by atoms with Crippen molar-refractivity contribution in [3.05, 3.63) is 216 Å². The lowest BCUT2D eigenvalue weighted by Crippen LogP contribution is -2.00. The molecule has 10 heteroatoms. The molecular formula is C52H50N6O4. The molecule has 2 N–H and O–H groups in total. The van der Waals surface area contributed by atoms with Gasteiger partial charge >= 0.3 is 0 Å². The molecule has 0 aliphatic rings. The normalized spacial score (nSPS) is 10.6. The Labute approximate surface area is 361 Å². The molecule has 312 valence electrons. The predicted octanol–water partition coefficient (Wildman–Crippen LogP) is 11.8. The van der Waals surface area contributed by atoms with Crippen molar-refractivity contribution in [1.29, 1.82) is 0 Å². The molecule has 0 radical (unpaired) electrons. The summed E-state index contributed by atoms with van der Waals surface area (Å²) in [6.45, 7) is 8.00. The highest BCUT2D eigenvalue weighted by atomic mass is 16.3. The predicted molar refractivity (Wildman–Crippen MR) is 244 cm³/mol. The van der Waals surface area contributed by atoms with Crippen LogP contribution in [-0.2, 0) is 25.7 Å². The molecule has 0 saturated carbocycles. The Morgan fingerprint density at radius 1 is 0.403 bits per heavy atom. The van der Waals surface area contributed by atoms with E-state index >= 15 is 0 Å². The van der Waals surface area contributed by atoms with Crippen molar-refractivity contribution in [3.8, 4) is 34.3 Å². The topological polar surface area (TPSA) is 127 Å². The van der Waals surface area contributed by atoms with Gasteiger partial charge in [0.15, 0.2) is 11.3 Å². The largest absolute Gasteiger partial charge is 0.493 e. The Kier molecular flexibility index (Phi) is 14.0. The van der Waals surface area contributed by atoms with Crippen molar-refractivity contribution in [3.63, 3.8) is 0 Å². The van der Waals surface area contributed by atoms with Crippen molar-refractivity contribution in [1.82, 2.24) is 28.7 Å². The zero-order valence-corrected chi connectivity index (χ0v) is 35.4. The molecule has 0 atom stereocenters. The van der Waals surface area contributed by atoms with Crippen LogP contribution in [0.1, 0.15) is 73.1 Å². The maximum Gasteiger partial charge on any atom is 0.219 e. The van der Waals surface area contributed by atoms with Gasteiger partial charge in [-0.05, 0) is 35.4 Å². The molecule has 10 rings (SSSR count). The first-order valence-corrected chi connectivity index (χ1v) is 21.0. The number of hydrogen-bond donors (Lipinski definition) is 2. The summed E-state index contributed by atoms with van der Waals surface area (Å²) in [7, 11) is 0. The molecule has 0 amide bonds. The van der Waals surface area contributed by atoms with E-state index in [1.165, 1.54) is 0 Å². The molecule has 0 unspecified atom stereocenters. The van der Waals surface area contributed by atoms with E-state index in [4.69, 9.17) is 28.8 Å². The minimum Gasteiger partial charge on any atom is -0.493 e. The first kappa shape index (κ1) is 42.4. The van der Waals surface area contributed by atoms with Gasteiger partial charge in [0.1, 0.15) is 22.9 Å². The molecule has 6 aromatic heterocycles. The maximum absolute atomic E-state index is 10.9. The summed E-state index contributed by atoms with van der Waals surface area (Å²) in [6, 6.07) is 47.7. The summed E-state index contributed by atoms with van der Waals surface area (Å²) in [5.74, 6) is 1.74. The number of furan rings is 2. The van der Waals surface area contributed by atoms with E-state index in [-0.39, 0.29) is 11.8 Å². The van der Waals surface area contributed by atoms with E-state index in [9.17, 15) is 10.2 Å². The van der Waals surface area contributed by atoms with Crippen molar-refractivity contribution < 1.29 is 19.0 Å². The molecule has 4 aromatic carbocycles. The molecule has 0 bridgehead atoms. The number of nitrogens with zero attached hydrogens (tertiary/aromatic N) is 6. The van der Waals surface area contributed by atoms with Crippen LogP contribution in [0, 0.1) is 0 Å². The Balaban J connectivity index is 0.000000173. The van der Waals surface area contributed by atoms with Crippen molar-refractivity contribution >= 4 is 11.3 Å². The quantitative estimate of drug-likeness (QED) is 0.140. The number of imidazole rings is 2. The number of aromatic nitrogens is 6. The second kappa shape index (κ2) is 20.5. The van der Waals surface area contributed by atoms with Crippen LogP contribution in [-0.4, -0.2) is 39.0 Å². The minimum atomic E-state index is 0.116. The van der Waals surface area contributed by atoms with Crippen molar-refractivity contribution in [2.75, 3.05) is 0 Å². The summed E-state index contributed by atoms with van der Waals surface area (Å²) in [6.07, 6.45) is 9.03. The minimum absolute atomic E-state index is 0.116. The molecule has 0 spiro atoms. The van der Waals surface area contributed by atoms with Crippen LogP contribution in [0.5, 0.6) is 11.8 Å². The highest BCUT2D eigenvalue weighted by molar-refractivity contribution is 5.64. The van der Waals surface area contributed by atoms with Gasteiger partial charge < -0.3 is 19.0 Å². The molecule has 0 fully saturated rings. The van der Waals surface area contributed by atoms with E-state index in [1.807, 2.05) is 161 Å². The molecule has 62 heavy (non-hydrogen) atoms. The van der Waals surface area contributed by atoms with Gasteiger partial charge in [0.25, 0.3) is 0 Å². The fraction of sp³-hybridized carbons (Fsp3) is 0.154. The fourth-order valence-corrected chi connectivity index (χ4v) is 6.99. The Morgan fingerprint density at radius 3 is 1.10 bits per heavy atom. The molecular weight excluding hydrogens is 773 g/mol. The van der Waals surface area contributed by atoms with Gasteiger partial charge in [0, 0.05) is 36.4 Å². The van der Waals surface area contributed by atoms with Gasteiger partial charge in [-0.25, -0.2) is 19.9 Å².